The van der Waals surface area contributed by atoms with E-state index in [0.29, 0.717) is 6.61 Å². The van der Waals surface area contributed by atoms with Crippen LogP contribution in [-0.2, 0) is 13.8 Å². The normalized spacial score (nSPS) is 14.2. The Morgan fingerprint density at radius 1 is 1.67 bits per heavy atom. The predicted octanol–water partition coefficient (Wildman–Crippen LogP) is 0.687. The zero-order chi connectivity index (χ0) is 9.61. The summed E-state index contributed by atoms with van der Waals surface area (Å²) in [6.07, 6.45) is 0.926. The van der Waals surface area contributed by atoms with Crippen molar-refractivity contribution in [2.75, 3.05) is 13.2 Å². The summed E-state index contributed by atoms with van der Waals surface area (Å²) in [7, 11) is -4.38. The third-order valence-electron chi connectivity index (χ3n) is 0.906. The van der Waals surface area contributed by atoms with E-state index in [9.17, 15) is 4.57 Å². The van der Waals surface area contributed by atoms with E-state index in [0.717, 1.165) is 0 Å². The molecule has 0 aliphatic heterocycles. The van der Waals surface area contributed by atoms with Crippen LogP contribution in [0.3, 0.4) is 0 Å². The van der Waals surface area contributed by atoms with Gasteiger partial charge in [-0.2, -0.15) is 0 Å². The number of rotatable bonds is 6. The van der Waals surface area contributed by atoms with Gasteiger partial charge in [0, 0.05) is 0 Å². The van der Waals surface area contributed by atoms with Crippen LogP contribution in [-0.4, -0.2) is 29.1 Å². The van der Waals surface area contributed by atoms with Gasteiger partial charge in [0.05, 0.1) is 19.3 Å². The lowest BCUT2D eigenvalue weighted by atomic mass is 10.4. The average Bonchev–Trinajstić information content (AvgIpc) is 1.84. The van der Waals surface area contributed by atoms with Crippen molar-refractivity contribution in [3.8, 4) is 0 Å². The first kappa shape index (κ1) is 11.8. The largest absolute Gasteiger partial charge is 0.469 e. The zero-order valence-electron chi connectivity index (χ0n) is 6.84. The van der Waals surface area contributed by atoms with Crippen molar-refractivity contribution in [2.24, 2.45) is 0 Å². The summed E-state index contributed by atoms with van der Waals surface area (Å²) < 4.78 is 19.5. The van der Waals surface area contributed by atoms with Gasteiger partial charge in [0.15, 0.2) is 0 Å². The Kier molecular flexibility index (Phi) is 5.37. The maximum absolute atomic E-state index is 10.3. The number of phosphoric acid groups is 1. The van der Waals surface area contributed by atoms with E-state index < -0.39 is 13.9 Å². The van der Waals surface area contributed by atoms with Gasteiger partial charge >= 0.3 is 7.82 Å². The van der Waals surface area contributed by atoms with Crippen LogP contribution in [0.1, 0.15) is 6.92 Å². The van der Waals surface area contributed by atoms with Crippen LogP contribution in [0.5, 0.6) is 0 Å². The molecular formula is C6H13O5P. The van der Waals surface area contributed by atoms with Gasteiger partial charge in [0.25, 0.3) is 0 Å². The van der Waals surface area contributed by atoms with Gasteiger partial charge in [0.2, 0.25) is 0 Å². The molecule has 0 spiro atoms. The standard InChI is InChI=1S/C6H13O5P/c1-3-4-10-5-6(2)11-12(7,8)9/h3,6H,1,4-5H2,2H3,(H2,7,8,9). The summed E-state index contributed by atoms with van der Waals surface area (Å²) in [5, 5.41) is 0. The van der Waals surface area contributed by atoms with Crippen LogP contribution >= 0.6 is 7.82 Å². The Hall–Kier alpha value is -0.190. The summed E-state index contributed by atoms with van der Waals surface area (Å²) in [6.45, 7) is 5.41. The molecule has 0 aromatic heterocycles. The molecule has 12 heavy (non-hydrogen) atoms. The van der Waals surface area contributed by atoms with Crippen molar-refractivity contribution in [1.82, 2.24) is 0 Å². The van der Waals surface area contributed by atoms with E-state index in [-0.39, 0.29) is 6.61 Å². The van der Waals surface area contributed by atoms with Gasteiger partial charge in [0.1, 0.15) is 0 Å². The summed E-state index contributed by atoms with van der Waals surface area (Å²) in [5.41, 5.74) is 0. The quantitative estimate of drug-likeness (QED) is 0.371. The molecule has 0 aromatic rings. The van der Waals surface area contributed by atoms with Crippen LogP contribution in [0, 0.1) is 0 Å². The smallest absolute Gasteiger partial charge is 0.375 e. The van der Waals surface area contributed by atoms with E-state index in [4.69, 9.17) is 14.5 Å². The van der Waals surface area contributed by atoms with Gasteiger partial charge in [-0.1, -0.05) is 6.08 Å². The topological polar surface area (TPSA) is 76.0 Å². The molecule has 0 aliphatic rings. The summed E-state index contributed by atoms with van der Waals surface area (Å²) in [5.74, 6) is 0. The zero-order valence-corrected chi connectivity index (χ0v) is 7.74. The highest BCUT2D eigenvalue weighted by molar-refractivity contribution is 7.46. The van der Waals surface area contributed by atoms with E-state index in [1.165, 1.54) is 6.92 Å². The lowest BCUT2D eigenvalue weighted by Crippen LogP contribution is -2.14. The molecule has 0 heterocycles. The Morgan fingerprint density at radius 3 is 2.67 bits per heavy atom. The first-order valence-corrected chi connectivity index (χ1v) is 4.91. The molecule has 0 radical (unpaired) electrons. The second-order valence-electron chi connectivity index (χ2n) is 2.23. The molecule has 0 rings (SSSR count). The van der Waals surface area contributed by atoms with Gasteiger partial charge in [-0.3, -0.25) is 4.52 Å². The van der Waals surface area contributed by atoms with E-state index >= 15 is 0 Å². The first-order chi connectivity index (χ1) is 5.45. The highest BCUT2D eigenvalue weighted by Gasteiger charge is 2.18. The Labute approximate surface area is 71.2 Å². The van der Waals surface area contributed by atoms with E-state index in [1.807, 2.05) is 0 Å². The molecule has 6 heteroatoms. The second-order valence-corrected chi connectivity index (χ2v) is 3.42. The fourth-order valence-electron chi connectivity index (χ4n) is 0.582. The van der Waals surface area contributed by atoms with Crippen molar-refractivity contribution < 1.29 is 23.6 Å². The molecule has 1 atom stereocenters. The Bertz CT molecular complexity index is 175. The molecule has 0 fully saturated rings. The minimum Gasteiger partial charge on any atom is -0.375 e. The number of hydrogen-bond donors (Lipinski definition) is 2. The maximum Gasteiger partial charge on any atom is 0.469 e. The number of phosphoric ester groups is 1. The number of hydrogen-bond acceptors (Lipinski definition) is 3. The molecule has 0 saturated heterocycles. The van der Waals surface area contributed by atoms with Gasteiger partial charge in [-0.15, -0.1) is 6.58 Å². The van der Waals surface area contributed by atoms with Crippen molar-refractivity contribution in [3.05, 3.63) is 12.7 Å². The van der Waals surface area contributed by atoms with Crippen molar-refractivity contribution >= 4 is 7.82 Å². The minimum absolute atomic E-state index is 0.136. The molecule has 1 unspecified atom stereocenters. The lowest BCUT2D eigenvalue weighted by molar-refractivity contribution is 0.0536. The van der Waals surface area contributed by atoms with Gasteiger partial charge in [-0.05, 0) is 6.92 Å². The third-order valence-corrected chi connectivity index (χ3v) is 1.54. The first-order valence-electron chi connectivity index (χ1n) is 3.38. The highest BCUT2D eigenvalue weighted by atomic mass is 31.2. The van der Waals surface area contributed by atoms with Crippen molar-refractivity contribution in [1.29, 1.82) is 0 Å². The minimum atomic E-state index is -4.38. The Morgan fingerprint density at radius 2 is 2.25 bits per heavy atom. The molecule has 0 saturated carbocycles. The summed E-state index contributed by atoms with van der Waals surface area (Å²) >= 11 is 0. The molecule has 0 aromatic carbocycles. The van der Waals surface area contributed by atoms with Crippen molar-refractivity contribution in [3.63, 3.8) is 0 Å². The second kappa shape index (κ2) is 5.45. The van der Waals surface area contributed by atoms with Crippen LogP contribution in [0.25, 0.3) is 0 Å². The third kappa shape index (κ3) is 7.91. The fourth-order valence-corrected chi connectivity index (χ4v) is 1.11. The lowest BCUT2D eigenvalue weighted by Gasteiger charge is -2.12. The fraction of sp³-hybridized carbons (Fsp3) is 0.667. The van der Waals surface area contributed by atoms with Crippen molar-refractivity contribution in [2.45, 2.75) is 13.0 Å². The molecule has 0 aliphatic carbocycles. The van der Waals surface area contributed by atoms with E-state index in [1.54, 1.807) is 6.08 Å². The molecule has 0 amide bonds. The molecule has 5 nitrogen and oxygen atoms in total. The molecular weight excluding hydrogens is 183 g/mol. The van der Waals surface area contributed by atoms with Crippen LogP contribution in [0.4, 0.5) is 0 Å². The summed E-state index contributed by atoms with van der Waals surface area (Å²) in [4.78, 5) is 16.7. The molecule has 72 valence electrons. The SMILES string of the molecule is C=CCOCC(C)OP(=O)(O)O. The maximum atomic E-state index is 10.3. The van der Waals surface area contributed by atoms with E-state index in [2.05, 4.69) is 11.1 Å². The molecule has 2 N–H and O–H groups in total. The molecule has 0 bridgehead atoms. The summed E-state index contributed by atoms with van der Waals surface area (Å²) in [6, 6.07) is 0. The Balaban J connectivity index is 3.53. The number of ether oxygens (including phenoxy) is 1. The van der Waals surface area contributed by atoms with Crippen LogP contribution < -0.4 is 0 Å². The van der Waals surface area contributed by atoms with Gasteiger partial charge < -0.3 is 14.5 Å². The highest BCUT2D eigenvalue weighted by Crippen LogP contribution is 2.37. The van der Waals surface area contributed by atoms with Crippen LogP contribution in [0.15, 0.2) is 12.7 Å². The monoisotopic (exact) mass is 196 g/mol. The van der Waals surface area contributed by atoms with Gasteiger partial charge in [-0.25, -0.2) is 4.57 Å². The predicted molar refractivity (Wildman–Crippen MR) is 43.6 cm³/mol. The average molecular weight is 196 g/mol. The van der Waals surface area contributed by atoms with Crippen LogP contribution in [0.2, 0.25) is 0 Å².